The van der Waals surface area contributed by atoms with E-state index in [0.29, 0.717) is 17.3 Å². The molecule has 1 saturated heterocycles. The third kappa shape index (κ3) is 5.30. The van der Waals surface area contributed by atoms with E-state index in [1.54, 1.807) is 0 Å². The minimum Gasteiger partial charge on any atom is -0.393 e. The van der Waals surface area contributed by atoms with Gasteiger partial charge in [-0.2, -0.15) is 0 Å². The number of rotatable bonds is 8. The molecule has 0 aliphatic carbocycles. The van der Waals surface area contributed by atoms with Gasteiger partial charge in [0.25, 0.3) is 0 Å². The number of morpholine rings is 1. The monoisotopic (exact) mass is 342 g/mol. The molecule has 1 aliphatic rings. The second kappa shape index (κ2) is 9.19. The molecule has 0 saturated carbocycles. The van der Waals surface area contributed by atoms with Gasteiger partial charge < -0.3 is 21.1 Å². The summed E-state index contributed by atoms with van der Waals surface area (Å²) in [6.07, 6.45) is 2.46. The van der Waals surface area contributed by atoms with Crippen LogP contribution in [0.1, 0.15) is 5.56 Å². The van der Waals surface area contributed by atoms with Gasteiger partial charge in [0.05, 0.1) is 13.2 Å². The van der Waals surface area contributed by atoms with Crippen LogP contribution in [0.15, 0.2) is 36.7 Å². The number of anilines is 3. The number of ether oxygens (including phenoxy) is 1. The fourth-order valence-corrected chi connectivity index (χ4v) is 2.80. The zero-order valence-electron chi connectivity index (χ0n) is 14.4. The van der Waals surface area contributed by atoms with Crippen molar-refractivity contribution in [2.75, 3.05) is 62.3 Å². The summed E-state index contributed by atoms with van der Waals surface area (Å²) in [5.74, 6) is 1.37. The van der Waals surface area contributed by atoms with Crippen LogP contribution in [0, 0.1) is 0 Å². The highest BCUT2D eigenvalue weighted by Crippen LogP contribution is 2.22. The molecule has 0 atom stereocenters. The summed E-state index contributed by atoms with van der Waals surface area (Å²) in [5.41, 5.74) is 8.05. The van der Waals surface area contributed by atoms with Crippen molar-refractivity contribution in [3.8, 4) is 0 Å². The van der Waals surface area contributed by atoms with Crippen LogP contribution in [0.2, 0.25) is 0 Å². The zero-order chi connectivity index (χ0) is 17.3. The third-order valence-electron chi connectivity index (χ3n) is 4.26. The van der Waals surface area contributed by atoms with Crippen LogP contribution in [-0.4, -0.2) is 60.8 Å². The molecule has 2 heterocycles. The Morgan fingerprint density at radius 2 is 1.68 bits per heavy atom. The standard InChI is InChI=1S/C18H26N6O/c19-16-17(20-7-6-15-4-2-1-3-5-15)22-14-23-18(16)21-8-9-24-10-12-25-13-11-24/h1-5,14H,6-13,19H2,(H2,20,21,22,23). The molecule has 0 bridgehead atoms. The lowest BCUT2D eigenvalue weighted by Gasteiger charge is -2.26. The van der Waals surface area contributed by atoms with Gasteiger partial charge in [0, 0.05) is 32.7 Å². The molecule has 1 aromatic heterocycles. The predicted octanol–water partition coefficient (Wildman–Crippen LogP) is 1.46. The van der Waals surface area contributed by atoms with Crippen LogP contribution in [-0.2, 0) is 11.2 Å². The third-order valence-corrected chi connectivity index (χ3v) is 4.26. The summed E-state index contributed by atoms with van der Waals surface area (Å²) < 4.78 is 5.36. The fourth-order valence-electron chi connectivity index (χ4n) is 2.80. The minimum atomic E-state index is 0.567. The van der Waals surface area contributed by atoms with Crippen molar-refractivity contribution in [3.63, 3.8) is 0 Å². The Kier molecular flexibility index (Phi) is 6.42. The number of nitrogens with one attached hydrogen (secondary N) is 2. The first-order chi connectivity index (χ1) is 12.3. The largest absolute Gasteiger partial charge is 0.393 e. The average molecular weight is 342 g/mol. The molecule has 0 spiro atoms. The Hall–Kier alpha value is -2.38. The molecule has 1 aliphatic heterocycles. The summed E-state index contributed by atoms with van der Waals surface area (Å²) >= 11 is 0. The molecule has 3 rings (SSSR count). The van der Waals surface area contributed by atoms with Gasteiger partial charge in [-0.1, -0.05) is 30.3 Å². The lowest BCUT2D eigenvalue weighted by molar-refractivity contribution is 0.0398. The maximum Gasteiger partial charge on any atom is 0.154 e. The van der Waals surface area contributed by atoms with Gasteiger partial charge in [0.15, 0.2) is 11.6 Å². The second-order valence-electron chi connectivity index (χ2n) is 6.03. The highest BCUT2D eigenvalue weighted by Gasteiger charge is 2.11. The van der Waals surface area contributed by atoms with Gasteiger partial charge in [0.1, 0.15) is 12.0 Å². The highest BCUT2D eigenvalue weighted by atomic mass is 16.5. The number of nitrogens with zero attached hydrogens (tertiary/aromatic N) is 3. The van der Waals surface area contributed by atoms with Gasteiger partial charge in [-0.25, -0.2) is 9.97 Å². The van der Waals surface area contributed by atoms with Crippen LogP contribution in [0.5, 0.6) is 0 Å². The van der Waals surface area contributed by atoms with Crippen molar-refractivity contribution in [2.45, 2.75) is 6.42 Å². The molecule has 2 aromatic rings. The van der Waals surface area contributed by atoms with E-state index in [4.69, 9.17) is 10.5 Å². The Bertz CT molecular complexity index is 645. The van der Waals surface area contributed by atoms with Crippen LogP contribution in [0.3, 0.4) is 0 Å². The van der Waals surface area contributed by atoms with Crippen LogP contribution in [0.4, 0.5) is 17.3 Å². The zero-order valence-corrected chi connectivity index (χ0v) is 14.4. The van der Waals surface area contributed by atoms with Gasteiger partial charge in [0.2, 0.25) is 0 Å². The van der Waals surface area contributed by atoms with E-state index in [1.165, 1.54) is 11.9 Å². The molecule has 25 heavy (non-hydrogen) atoms. The Labute approximate surface area is 148 Å². The quantitative estimate of drug-likeness (QED) is 0.669. The van der Waals surface area contributed by atoms with Crippen molar-refractivity contribution in [3.05, 3.63) is 42.2 Å². The maximum absolute atomic E-state index is 6.20. The van der Waals surface area contributed by atoms with E-state index in [-0.39, 0.29) is 0 Å². The van der Waals surface area contributed by atoms with E-state index in [2.05, 4.69) is 37.6 Å². The van der Waals surface area contributed by atoms with E-state index in [0.717, 1.165) is 52.4 Å². The number of hydrogen-bond acceptors (Lipinski definition) is 7. The van der Waals surface area contributed by atoms with Gasteiger partial charge in [-0.15, -0.1) is 0 Å². The van der Waals surface area contributed by atoms with E-state index >= 15 is 0 Å². The van der Waals surface area contributed by atoms with Crippen molar-refractivity contribution < 1.29 is 4.74 Å². The molecule has 0 radical (unpaired) electrons. The summed E-state index contributed by atoms with van der Waals surface area (Å²) in [6.45, 7) is 6.10. The number of benzene rings is 1. The minimum absolute atomic E-state index is 0.567. The predicted molar refractivity (Wildman–Crippen MR) is 101 cm³/mol. The summed E-state index contributed by atoms with van der Waals surface area (Å²) in [5, 5.41) is 6.61. The molecule has 1 fully saturated rings. The van der Waals surface area contributed by atoms with Gasteiger partial charge in [-0.3, -0.25) is 4.90 Å². The van der Waals surface area contributed by atoms with Crippen molar-refractivity contribution in [1.29, 1.82) is 0 Å². The van der Waals surface area contributed by atoms with Crippen molar-refractivity contribution in [2.24, 2.45) is 0 Å². The van der Waals surface area contributed by atoms with Crippen LogP contribution in [0.25, 0.3) is 0 Å². The van der Waals surface area contributed by atoms with E-state index in [1.807, 2.05) is 18.2 Å². The summed E-state index contributed by atoms with van der Waals surface area (Å²) in [6, 6.07) is 10.3. The Morgan fingerprint density at radius 1 is 1.00 bits per heavy atom. The molecule has 1 aromatic carbocycles. The highest BCUT2D eigenvalue weighted by molar-refractivity contribution is 5.73. The first-order valence-electron chi connectivity index (χ1n) is 8.75. The normalized spacial score (nSPS) is 15.0. The van der Waals surface area contributed by atoms with Crippen molar-refractivity contribution >= 4 is 17.3 Å². The molecular weight excluding hydrogens is 316 g/mol. The lowest BCUT2D eigenvalue weighted by atomic mass is 10.1. The lowest BCUT2D eigenvalue weighted by Crippen LogP contribution is -2.39. The fraction of sp³-hybridized carbons (Fsp3) is 0.444. The summed E-state index contributed by atoms with van der Waals surface area (Å²) in [7, 11) is 0. The molecule has 7 heteroatoms. The SMILES string of the molecule is Nc1c(NCCc2ccccc2)ncnc1NCCN1CCOCC1. The Morgan fingerprint density at radius 3 is 2.40 bits per heavy atom. The topological polar surface area (TPSA) is 88.3 Å². The molecule has 0 amide bonds. The van der Waals surface area contributed by atoms with E-state index < -0.39 is 0 Å². The first-order valence-corrected chi connectivity index (χ1v) is 8.75. The Balaban J connectivity index is 1.47. The van der Waals surface area contributed by atoms with Crippen molar-refractivity contribution in [1.82, 2.24) is 14.9 Å². The average Bonchev–Trinajstić information content (AvgIpc) is 2.66. The molecule has 134 valence electrons. The van der Waals surface area contributed by atoms with Gasteiger partial charge in [-0.05, 0) is 12.0 Å². The number of nitrogen functional groups attached to an aromatic ring is 1. The molecular formula is C18H26N6O. The summed E-state index contributed by atoms with van der Waals surface area (Å²) in [4.78, 5) is 10.9. The molecule has 4 N–H and O–H groups in total. The number of nitrogens with two attached hydrogens (primary N) is 1. The molecule has 0 unspecified atom stereocenters. The van der Waals surface area contributed by atoms with Gasteiger partial charge >= 0.3 is 0 Å². The van der Waals surface area contributed by atoms with E-state index in [9.17, 15) is 0 Å². The first kappa shape index (κ1) is 17.4. The van der Waals surface area contributed by atoms with Crippen LogP contribution >= 0.6 is 0 Å². The smallest absolute Gasteiger partial charge is 0.154 e. The maximum atomic E-state index is 6.20. The molecule has 7 nitrogen and oxygen atoms in total. The number of aromatic nitrogens is 2. The van der Waals surface area contributed by atoms with Crippen LogP contribution < -0.4 is 16.4 Å². The number of hydrogen-bond donors (Lipinski definition) is 3. The second-order valence-corrected chi connectivity index (χ2v) is 6.03.